The standard InChI is InChI=1S/C48H40N2O4S/c1-27-40-34-12-7-6-9-28(34)13-14-37(40)53-46(52)41(27)39-16-15-38(55-39)33-22-32(25-49-26-33)29-10-8-11-30(21-29)35-23-31-24-36-43-42(44(31)54-45(35)51)48(4,5)18-20-50(43)19-17-47(36,2)3/h6-16,21-26H,17-20H2,1-5H3. The van der Waals surface area contributed by atoms with Crippen LogP contribution in [0.15, 0.2) is 122 Å². The summed E-state index contributed by atoms with van der Waals surface area (Å²) >= 11 is 1.55. The zero-order chi connectivity index (χ0) is 37.8. The van der Waals surface area contributed by atoms with Crippen LogP contribution in [0.4, 0.5) is 5.69 Å². The van der Waals surface area contributed by atoms with Crippen LogP contribution in [0, 0.1) is 6.92 Å². The average molecular weight is 741 g/mol. The van der Waals surface area contributed by atoms with Crippen LogP contribution in [0.1, 0.15) is 57.2 Å². The van der Waals surface area contributed by atoms with Gasteiger partial charge in [-0.1, -0.05) is 76.2 Å². The molecule has 4 aromatic heterocycles. The molecule has 0 radical (unpaired) electrons. The van der Waals surface area contributed by atoms with Gasteiger partial charge in [-0.15, -0.1) is 11.3 Å². The Bertz CT molecular complexity index is 3020. The van der Waals surface area contributed by atoms with Crippen LogP contribution >= 0.6 is 11.3 Å². The van der Waals surface area contributed by atoms with Gasteiger partial charge in [-0.3, -0.25) is 4.98 Å². The molecule has 0 amide bonds. The highest BCUT2D eigenvalue weighted by molar-refractivity contribution is 7.18. The summed E-state index contributed by atoms with van der Waals surface area (Å²) in [5.74, 6) is 0. The van der Waals surface area contributed by atoms with Crippen LogP contribution in [0.3, 0.4) is 0 Å². The Morgan fingerprint density at radius 2 is 1.44 bits per heavy atom. The first-order valence-corrected chi connectivity index (χ1v) is 19.8. The van der Waals surface area contributed by atoms with E-state index in [-0.39, 0.29) is 22.1 Å². The van der Waals surface area contributed by atoms with Gasteiger partial charge in [-0.05, 0) is 106 Å². The topological polar surface area (TPSA) is 76.6 Å². The molecule has 0 saturated heterocycles. The summed E-state index contributed by atoms with van der Waals surface area (Å²) < 4.78 is 12.2. The van der Waals surface area contributed by atoms with Gasteiger partial charge in [0.2, 0.25) is 0 Å². The van der Waals surface area contributed by atoms with Crippen molar-refractivity contribution in [2.24, 2.45) is 0 Å². The molecule has 0 saturated carbocycles. The molecule has 7 heteroatoms. The normalized spacial score (nSPS) is 15.8. The summed E-state index contributed by atoms with van der Waals surface area (Å²) in [6, 6.07) is 30.5. The molecule has 8 aromatic rings. The molecule has 6 nitrogen and oxygen atoms in total. The van der Waals surface area contributed by atoms with Gasteiger partial charge in [0.25, 0.3) is 0 Å². The summed E-state index contributed by atoms with van der Waals surface area (Å²) in [7, 11) is 0. The van der Waals surface area contributed by atoms with Gasteiger partial charge < -0.3 is 13.7 Å². The maximum Gasteiger partial charge on any atom is 0.345 e. The average Bonchev–Trinajstić information content (AvgIpc) is 3.66. The monoisotopic (exact) mass is 740 g/mol. The van der Waals surface area contributed by atoms with Gasteiger partial charge in [0.05, 0.1) is 11.1 Å². The predicted molar refractivity (Wildman–Crippen MR) is 226 cm³/mol. The highest BCUT2D eigenvalue weighted by atomic mass is 32.1. The highest BCUT2D eigenvalue weighted by Crippen LogP contribution is 2.52. The number of thiophene rings is 1. The minimum absolute atomic E-state index is 0.0234. The first-order valence-electron chi connectivity index (χ1n) is 19.0. The molecule has 0 unspecified atom stereocenters. The Morgan fingerprint density at radius 1 is 0.691 bits per heavy atom. The summed E-state index contributed by atoms with van der Waals surface area (Å²) in [6.07, 6.45) is 5.80. The van der Waals surface area contributed by atoms with E-state index in [0.29, 0.717) is 22.3 Å². The van der Waals surface area contributed by atoms with Gasteiger partial charge in [0.1, 0.15) is 11.2 Å². The molecule has 0 bridgehead atoms. The maximum atomic E-state index is 13.9. The van der Waals surface area contributed by atoms with Crippen molar-refractivity contribution in [1.29, 1.82) is 0 Å². The summed E-state index contributed by atoms with van der Waals surface area (Å²) in [5.41, 5.74) is 9.98. The van der Waals surface area contributed by atoms with E-state index >= 15 is 0 Å². The van der Waals surface area contributed by atoms with Gasteiger partial charge in [0.15, 0.2) is 0 Å². The number of anilines is 1. The minimum atomic E-state index is -0.343. The van der Waals surface area contributed by atoms with Crippen LogP contribution in [0.25, 0.3) is 75.8 Å². The zero-order valence-corrected chi connectivity index (χ0v) is 32.4. The predicted octanol–water partition coefficient (Wildman–Crippen LogP) is 11.7. The molecule has 0 fully saturated rings. The van der Waals surface area contributed by atoms with Crippen molar-refractivity contribution in [2.75, 3.05) is 18.0 Å². The lowest BCUT2D eigenvalue weighted by molar-refractivity contribution is 0.398. The van der Waals surface area contributed by atoms with Crippen LogP contribution in [0.5, 0.6) is 0 Å². The molecule has 55 heavy (non-hydrogen) atoms. The van der Waals surface area contributed by atoms with Crippen molar-refractivity contribution in [2.45, 2.75) is 58.3 Å². The number of nitrogens with zero attached hydrogens (tertiary/aromatic N) is 2. The summed E-state index contributed by atoms with van der Waals surface area (Å²) in [6.45, 7) is 13.3. The van der Waals surface area contributed by atoms with Gasteiger partial charge in [-0.25, -0.2) is 9.59 Å². The van der Waals surface area contributed by atoms with Gasteiger partial charge >= 0.3 is 11.3 Å². The van der Waals surface area contributed by atoms with Crippen molar-refractivity contribution in [3.05, 3.63) is 141 Å². The first kappa shape index (κ1) is 33.8. The SMILES string of the molecule is Cc1c(-c2ccc(-c3cncc(-c4cccc(-c5cc6cc7c8c(c6oc5=O)C(C)(C)CCN8CCC7(C)C)c4)c3)s2)c(=O)oc2ccc3ccccc3c12. The molecule has 2 aliphatic rings. The van der Waals surface area contributed by atoms with E-state index < -0.39 is 0 Å². The largest absolute Gasteiger partial charge is 0.422 e. The van der Waals surface area contributed by atoms with Crippen LogP contribution in [-0.4, -0.2) is 18.1 Å². The smallest absolute Gasteiger partial charge is 0.345 e. The molecule has 2 aliphatic heterocycles. The van der Waals surface area contributed by atoms with E-state index in [4.69, 9.17) is 8.83 Å². The van der Waals surface area contributed by atoms with Crippen molar-refractivity contribution in [3.8, 4) is 43.1 Å². The van der Waals surface area contributed by atoms with Crippen molar-refractivity contribution in [1.82, 2.24) is 4.98 Å². The molecule has 0 N–H and O–H groups in total. The quantitative estimate of drug-likeness (QED) is 0.132. The Labute approximate surface area is 322 Å². The van der Waals surface area contributed by atoms with Crippen molar-refractivity contribution in [3.63, 3.8) is 0 Å². The molecule has 0 aliphatic carbocycles. The number of fused-ring (bicyclic) bond motifs is 5. The second-order valence-corrected chi connectivity index (χ2v) is 17.6. The lowest BCUT2D eigenvalue weighted by Crippen LogP contribution is -2.44. The molecule has 10 rings (SSSR count). The Balaban J connectivity index is 1.03. The molecular formula is C48H40N2O4S. The first-order chi connectivity index (χ1) is 26.5. The number of rotatable bonds is 4. The van der Waals surface area contributed by atoms with E-state index in [1.807, 2.05) is 86.0 Å². The van der Waals surface area contributed by atoms with E-state index in [1.165, 1.54) is 16.8 Å². The fourth-order valence-electron chi connectivity index (χ4n) is 9.02. The van der Waals surface area contributed by atoms with Crippen LogP contribution in [-0.2, 0) is 10.8 Å². The minimum Gasteiger partial charge on any atom is -0.422 e. The van der Waals surface area contributed by atoms with Crippen molar-refractivity contribution < 1.29 is 8.83 Å². The lowest BCUT2D eigenvalue weighted by Gasteiger charge is -2.48. The number of aryl methyl sites for hydroxylation is 1. The molecule has 6 heterocycles. The summed E-state index contributed by atoms with van der Waals surface area (Å²) in [5, 5.41) is 4.10. The highest BCUT2D eigenvalue weighted by Gasteiger charge is 2.42. The molecule has 0 atom stereocenters. The Kier molecular flexibility index (Phi) is 7.43. The van der Waals surface area contributed by atoms with E-state index in [1.54, 1.807) is 11.3 Å². The fourth-order valence-corrected chi connectivity index (χ4v) is 10.1. The second-order valence-electron chi connectivity index (χ2n) is 16.5. The van der Waals surface area contributed by atoms with E-state index in [2.05, 4.69) is 61.8 Å². The molecular weight excluding hydrogens is 701 g/mol. The van der Waals surface area contributed by atoms with Gasteiger partial charge in [-0.2, -0.15) is 0 Å². The molecule has 0 spiro atoms. The number of hydrogen-bond donors (Lipinski definition) is 0. The zero-order valence-electron chi connectivity index (χ0n) is 31.6. The fraction of sp³-hybridized carbons (Fsp3) is 0.229. The third-order valence-corrected chi connectivity index (χ3v) is 13.3. The van der Waals surface area contributed by atoms with Crippen LogP contribution < -0.4 is 16.2 Å². The number of hydrogen-bond acceptors (Lipinski definition) is 7. The third kappa shape index (κ3) is 5.31. The van der Waals surface area contributed by atoms with Gasteiger partial charge in [0, 0.05) is 68.4 Å². The molecule has 4 aromatic carbocycles. The van der Waals surface area contributed by atoms with Crippen LogP contribution in [0.2, 0.25) is 0 Å². The second kappa shape index (κ2) is 12.1. The Morgan fingerprint density at radius 3 is 2.29 bits per heavy atom. The summed E-state index contributed by atoms with van der Waals surface area (Å²) in [4.78, 5) is 36.2. The number of aromatic nitrogens is 1. The molecule has 272 valence electrons. The third-order valence-electron chi connectivity index (χ3n) is 12.2. The number of benzene rings is 4. The lowest BCUT2D eigenvalue weighted by atomic mass is 9.69. The Hall–Kier alpha value is -5.79. The van der Waals surface area contributed by atoms with E-state index in [9.17, 15) is 9.59 Å². The maximum absolute atomic E-state index is 13.9. The van der Waals surface area contributed by atoms with Crippen molar-refractivity contribution >= 4 is 49.7 Å². The number of pyridine rings is 1. The van der Waals surface area contributed by atoms with E-state index in [0.717, 1.165) is 85.0 Å².